The SMILES string of the molecule is COc1ccc(CN2C[C@@H]3C[C@H]4[C@@H]5CC=C6CC(=O)C=C[C@]6(C)[C@H]5[C@@H](O)C[C@]4(C)[C@]3(C(=O)CO)O2)cc1. The number of hydrogen-bond acceptors (Lipinski definition) is 7. The predicted molar refractivity (Wildman–Crippen MR) is 136 cm³/mol. The number of fused-ring (bicyclic) bond motifs is 7. The quantitative estimate of drug-likeness (QED) is 0.591. The molecule has 2 saturated carbocycles. The lowest BCUT2D eigenvalue weighted by Crippen LogP contribution is -2.63. The number of methoxy groups -OCH3 is 1. The Balaban J connectivity index is 1.33. The molecule has 1 aromatic carbocycles. The van der Waals surface area contributed by atoms with Crippen LogP contribution in [0, 0.1) is 34.5 Å². The van der Waals surface area contributed by atoms with Gasteiger partial charge in [-0.15, -0.1) is 0 Å². The Morgan fingerprint density at radius 1 is 1.24 bits per heavy atom. The Hall–Kier alpha value is -2.32. The molecule has 198 valence electrons. The Kier molecular flexibility index (Phi) is 5.81. The van der Waals surface area contributed by atoms with Crippen LogP contribution in [0.25, 0.3) is 0 Å². The lowest BCUT2D eigenvalue weighted by molar-refractivity contribution is -0.253. The molecule has 1 aliphatic heterocycles. The molecule has 7 nitrogen and oxygen atoms in total. The van der Waals surface area contributed by atoms with Crippen molar-refractivity contribution in [2.75, 3.05) is 20.3 Å². The molecule has 0 radical (unpaired) electrons. The number of aliphatic hydroxyl groups excluding tert-OH is 2. The minimum atomic E-state index is -1.16. The first-order valence-corrected chi connectivity index (χ1v) is 13.5. The third kappa shape index (κ3) is 3.40. The second-order valence-electron chi connectivity index (χ2n) is 12.2. The number of hydroxylamine groups is 2. The third-order valence-corrected chi connectivity index (χ3v) is 10.6. The molecule has 0 spiro atoms. The van der Waals surface area contributed by atoms with Gasteiger partial charge in [-0.05, 0) is 54.9 Å². The highest BCUT2D eigenvalue weighted by molar-refractivity contribution is 5.93. The van der Waals surface area contributed by atoms with Crippen molar-refractivity contribution in [2.45, 2.75) is 57.8 Å². The number of ether oxygens (including phenoxy) is 1. The summed E-state index contributed by atoms with van der Waals surface area (Å²) < 4.78 is 5.27. The number of Topliss-reactive ketones (excluding diaryl/α,β-unsaturated/α-hetero) is 1. The molecule has 8 atom stereocenters. The number of allylic oxidation sites excluding steroid dienone is 4. The van der Waals surface area contributed by atoms with Crippen LogP contribution in [-0.2, 0) is 21.0 Å². The normalized spacial score (nSPS) is 42.5. The van der Waals surface area contributed by atoms with Gasteiger partial charge < -0.3 is 14.9 Å². The number of nitrogens with zero attached hydrogens (tertiary/aromatic N) is 1. The van der Waals surface area contributed by atoms with E-state index in [0.29, 0.717) is 25.9 Å². The Morgan fingerprint density at radius 3 is 2.70 bits per heavy atom. The first kappa shape index (κ1) is 25.0. The number of ketones is 2. The van der Waals surface area contributed by atoms with E-state index in [0.717, 1.165) is 29.7 Å². The highest BCUT2D eigenvalue weighted by Gasteiger charge is 2.74. The molecule has 0 amide bonds. The summed E-state index contributed by atoms with van der Waals surface area (Å²) in [5.74, 6) is 0.889. The zero-order valence-electron chi connectivity index (χ0n) is 21.9. The average Bonchev–Trinajstić information content (AvgIpc) is 3.36. The molecule has 0 aromatic heterocycles. The fourth-order valence-corrected chi connectivity index (χ4v) is 9.00. The third-order valence-electron chi connectivity index (χ3n) is 10.6. The van der Waals surface area contributed by atoms with E-state index >= 15 is 0 Å². The van der Waals surface area contributed by atoms with Gasteiger partial charge in [0.1, 0.15) is 12.4 Å². The van der Waals surface area contributed by atoms with Crippen molar-refractivity contribution >= 4 is 11.6 Å². The Bertz CT molecular complexity index is 1180. The number of carbonyl (C=O) groups excluding carboxylic acids is 2. The van der Waals surface area contributed by atoms with Crippen molar-refractivity contribution in [3.8, 4) is 5.75 Å². The van der Waals surface area contributed by atoms with Crippen LogP contribution in [0.15, 0.2) is 48.1 Å². The van der Waals surface area contributed by atoms with Crippen LogP contribution in [-0.4, -0.2) is 58.8 Å². The molecular formula is C30H37NO6. The lowest BCUT2D eigenvalue weighted by atomic mass is 9.47. The summed E-state index contributed by atoms with van der Waals surface area (Å²) in [5, 5.41) is 23.7. The molecule has 6 rings (SSSR count). The standard InChI is InChI=1S/C30H37NO6/c1-28-11-10-21(33)12-19(28)6-9-23-24-13-20-16-31(15-18-4-7-22(36-3)8-5-18)37-30(20,26(35)17-32)29(24,2)14-25(34)27(23)28/h4-8,10-11,20,23-25,27,32,34H,9,12-17H2,1-3H3/t20-,23-,24-,25-,27+,28-,29-,30-/m0/s1. The van der Waals surface area contributed by atoms with Crippen LogP contribution >= 0.6 is 0 Å². The van der Waals surface area contributed by atoms with Gasteiger partial charge in [0.2, 0.25) is 0 Å². The molecule has 0 bridgehead atoms. The molecule has 1 aromatic rings. The zero-order chi connectivity index (χ0) is 26.2. The van der Waals surface area contributed by atoms with Crippen LogP contribution in [0.3, 0.4) is 0 Å². The first-order chi connectivity index (χ1) is 17.7. The number of carbonyl (C=O) groups is 2. The van der Waals surface area contributed by atoms with Gasteiger partial charge in [0.25, 0.3) is 0 Å². The van der Waals surface area contributed by atoms with Crippen LogP contribution in [0.2, 0.25) is 0 Å². The van der Waals surface area contributed by atoms with E-state index in [2.05, 4.69) is 19.9 Å². The zero-order valence-corrected chi connectivity index (χ0v) is 21.9. The molecule has 1 saturated heterocycles. The van der Waals surface area contributed by atoms with Gasteiger partial charge in [0.15, 0.2) is 17.2 Å². The van der Waals surface area contributed by atoms with E-state index in [4.69, 9.17) is 9.57 Å². The van der Waals surface area contributed by atoms with E-state index < -0.39 is 23.7 Å². The summed E-state index contributed by atoms with van der Waals surface area (Å²) in [7, 11) is 1.64. The summed E-state index contributed by atoms with van der Waals surface area (Å²) in [4.78, 5) is 32.4. The number of rotatable bonds is 5. The summed E-state index contributed by atoms with van der Waals surface area (Å²) in [5.41, 5.74) is 0.0426. The number of aliphatic hydroxyl groups is 2. The molecule has 2 N–H and O–H groups in total. The fourth-order valence-electron chi connectivity index (χ4n) is 9.00. The van der Waals surface area contributed by atoms with Crippen LogP contribution in [0.1, 0.15) is 45.1 Å². The highest BCUT2D eigenvalue weighted by atomic mass is 16.7. The molecule has 4 aliphatic carbocycles. The Labute approximate surface area is 218 Å². The van der Waals surface area contributed by atoms with Crippen molar-refractivity contribution in [2.24, 2.45) is 34.5 Å². The van der Waals surface area contributed by atoms with Crippen LogP contribution < -0.4 is 4.74 Å². The van der Waals surface area contributed by atoms with Crippen LogP contribution in [0.5, 0.6) is 5.75 Å². The molecule has 3 fully saturated rings. The van der Waals surface area contributed by atoms with E-state index in [1.54, 1.807) is 13.2 Å². The summed E-state index contributed by atoms with van der Waals surface area (Å²) >= 11 is 0. The van der Waals surface area contributed by atoms with E-state index in [1.165, 1.54) is 0 Å². The van der Waals surface area contributed by atoms with Gasteiger partial charge >= 0.3 is 0 Å². The van der Waals surface area contributed by atoms with Crippen molar-refractivity contribution in [1.29, 1.82) is 0 Å². The van der Waals surface area contributed by atoms with Gasteiger partial charge in [-0.3, -0.25) is 14.4 Å². The molecule has 1 heterocycles. The van der Waals surface area contributed by atoms with Gasteiger partial charge in [0.05, 0.1) is 13.2 Å². The lowest BCUT2D eigenvalue weighted by Gasteiger charge is -2.59. The summed E-state index contributed by atoms with van der Waals surface area (Å²) in [6.45, 7) is 4.81. The second-order valence-corrected chi connectivity index (χ2v) is 12.2. The Morgan fingerprint density at radius 2 is 2.00 bits per heavy atom. The topological polar surface area (TPSA) is 96.3 Å². The van der Waals surface area contributed by atoms with Gasteiger partial charge in [-0.25, -0.2) is 0 Å². The fraction of sp³-hybridized carbons (Fsp3) is 0.600. The smallest absolute Gasteiger partial charge is 0.192 e. The maximum Gasteiger partial charge on any atom is 0.192 e. The van der Waals surface area contributed by atoms with Gasteiger partial charge in [-0.1, -0.05) is 43.7 Å². The highest BCUT2D eigenvalue weighted by Crippen LogP contribution is 2.70. The first-order valence-electron chi connectivity index (χ1n) is 13.5. The molecule has 0 unspecified atom stereocenters. The van der Waals surface area contributed by atoms with Crippen LogP contribution in [0.4, 0.5) is 0 Å². The molecule has 37 heavy (non-hydrogen) atoms. The van der Waals surface area contributed by atoms with E-state index in [9.17, 15) is 19.8 Å². The maximum atomic E-state index is 13.6. The minimum absolute atomic E-state index is 0.00886. The maximum absolute atomic E-state index is 13.6. The van der Waals surface area contributed by atoms with Crippen molar-refractivity contribution in [3.05, 3.63) is 53.6 Å². The van der Waals surface area contributed by atoms with Crippen molar-refractivity contribution in [1.82, 2.24) is 5.06 Å². The average molecular weight is 508 g/mol. The molecule has 7 heteroatoms. The largest absolute Gasteiger partial charge is 0.497 e. The number of hydrogen-bond donors (Lipinski definition) is 2. The predicted octanol–water partition coefficient (Wildman–Crippen LogP) is 3.25. The molecular weight excluding hydrogens is 470 g/mol. The minimum Gasteiger partial charge on any atom is -0.497 e. The van der Waals surface area contributed by atoms with Gasteiger partial charge in [0, 0.05) is 42.2 Å². The molecule has 5 aliphatic rings. The summed E-state index contributed by atoms with van der Waals surface area (Å²) in [6, 6.07) is 7.81. The van der Waals surface area contributed by atoms with E-state index in [1.807, 2.05) is 35.4 Å². The summed E-state index contributed by atoms with van der Waals surface area (Å²) in [6.07, 6.45) is 7.72. The second kappa shape index (κ2) is 8.60. The number of benzene rings is 1. The van der Waals surface area contributed by atoms with Crippen molar-refractivity contribution in [3.63, 3.8) is 0 Å². The van der Waals surface area contributed by atoms with E-state index in [-0.39, 0.29) is 40.7 Å². The van der Waals surface area contributed by atoms with Gasteiger partial charge in [-0.2, -0.15) is 5.06 Å². The monoisotopic (exact) mass is 507 g/mol. The van der Waals surface area contributed by atoms with Crippen molar-refractivity contribution < 1.29 is 29.4 Å².